The summed E-state index contributed by atoms with van der Waals surface area (Å²) < 4.78 is 0. The highest BCUT2D eigenvalue weighted by Gasteiger charge is 2.07. The van der Waals surface area contributed by atoms with Crippen molar-refractivity contribution in [3.8, 4) is 5.75 Å². The van der Waals surface area contributed by atoms with Crippen LogP contribution in [0.2, 0.25) is 5.02 Å². The van der Waals surface area contributed by atoms with Gasteiger partial charge in [0.2, 0.25) is 0 Å². The number of anilines is 1. The molecule has 0 bridgehead atoms. The van der Waals surface area contributed by atoms with Gasteiger partial charge in [-0.15, -0.1) is 0 Å². The van der Waals surface area contributed by atoms with Gasteiger partial charge in [-0.1, -0.05) is 23.7 Å². The molecule has 4 N–H and O–H groups in total. The molecule has 5 heteroatoms. The Morgan fingerprint density at radius 3 is 2.55 bits per heavy atom. The van der Waals surface area contributed by atoms with Gasteiger partial charge in [-0.2, -0.15) is 0 Å². The molecular formula is C15H15ClN2O2. The highest BCUT2D eigenvalue weighted by atomic mass is 35.5. The molecule has 0 heterocycles. The average Bonchev–Trinajstić information content (AvgIpc) is 2.40. The highest BCUT2D eigenvalue weighted by molar-refractivity contribution is 6.31. The molecule has 0 unspecified atom stereocenters. The Bertz CT molecular complexity index is 592. The minimum atomic E-state index is -0.210. The van der Waals surface area contributed by atoms with Crippen LogP contribution in [0.3, 0.4) is 0 Å². The van der Waals surface area contributed by atoms with E-state index < -0.39 is 0 Å². The largest absolute Gasteiger partial charge is 0.508 e. The van der Waals surface area contributed by atoms with E-state index >= 15 is 0 Å². The molecule has 0 saturated carbocycles. The molecule has 0 spiro atoms. The van der Waals surface area contributed by atoms with E-state index in [-0.39, 0.29) is 11.7 Å². The van der Waals surface area contributed by atoms with Crippen molar-refractivity contribution in [2.24, 2.45) is 0 Å². The number of hydrogen-bond acceptors (Lipinski definition) is 3. The number of benzene rings is 2. The summed E-state index contributed by atoms with van der Waals surface area (Å²) in [5, 5.41) is 12.4. The summed E-state index contributed by atoms with van der Waals surface area (Å²) in [6, 6.07) is 11.6. The number of hydrogen-bond donors (Lipinski definition) is 3. The lowest BCUT2D eigenvalue weighted by molar-refractivity contribution is 0.0954. The zero-order chi connectivity index (χ0) is 14.5. The Morgan fingerprint density at radius 1 is 1.20 bits per heavy atom. The normalized spacial score (nSPS) is 10.2. The lowest BCUT2D eigenvalue weighted by Gasteiger charge is -2.07. The van der Waals surface area contributed by atoms with Gasteiger partial charge in [0.1, 0.15) is 5.75 Å². The van der Waals surface area contributed by atoms with Crippen LogP contribution in [0.15, 0.2) is 42.5 Å². The van der Waals surface area contributed by atoms with E-state index in [0.29, 0.717) is 29.2 Å². The van der Waals surface area contributed by atoms with Crippen LogP contribution < -0.4 is 11.1 Å². The molecule has 0 aliphatic carbocycles. The van der Waals surface area contributed by atoms with Gasteiger partial charge in [0.25, 0.3) is 5.91 Å². The molecular weight excluding hydrogens is 276 g/mol. The monoisotopic (exact) mass is 290 g/mol. The zero-order valence-corrected chi connectivity index (χ0v) is 11.5. The summed E-state index contributed by atoms with van der Waals surface area (Å²) in [4.78, 5) is 11.9. The third-order valence-corrected chi connectivity index (χ3v) is 3.04. The molecule has 2 aromatic rings. The van der Waals surface area contributed by atoms with Crippen LogP contribution in [0.4, 0.5) is 5.69 Å². The maximum atomic E-state index is 11.9. The maximum Gasteiger partial charge on any atom is 0.251 e. The Labute approximate surface area is 122 Å². The third-order valence-electron chi connectivity index (χ3n) is 2.82. The van der Waals surface area contributed by atoms with Gasteiger partial charge in [0, 0.05) is 22.8 Å². The number of carbonyl (C=O) groups excluding carboxylic acids is 1. The molecule has 2 rings (SSSR count). The number of rotatable bonds is 4. The molecule has 4 nitrogen and oxygen atoms in total. The number of amides is 1. The topological polar surface area (TPSA) is 75.4 Å². The number of carbonyl (C=O) groups is 1. The minimum Gasteiger partial charge on any atom is -0.508 e. The summed E-state index contributed by atoms with van der Waals surface area (Å²) in [5.41, 5.74) is 7.58. The molecule has 0 aromatic heterocycles. The first-order valence-corrected chi connectivity index (χ1v) is 6.54. The van der Waals surface area contributed by atoms with Crippen molar-refractivity contribution < 1.29 is 9.90 Å². The Balaban J connectivity index is 1.90. The zero-order valence-electron chi connectivity index (χ0n) is 10.8. The van der Waals surface area contributed by atoms with Gasteiger partial charge in [-0.05, 0) is 42.3 Å². The second-order valence-electron chi connectivity index (χ2n) is 4.45. The van der Waals surface area contributed by atoms with Crippen LogP contribution in [0.25, 0.3) is 0 Å². The van der Waals surface area contributed by atoms with E-state index in [1.54, 1.807) is 30.3 Å². The van der Waals surface area contributed by atoms with E-state index in [4.69, 9.17) is 17.3 Å². The second kappa shape index (κ2) is 6.30. The van der Waals surface area contributed by atoms with E-state index in [2.05, 4.69) is 5.32 Å². The number of phenols is 1. The van der Waals surface area contributed by atoms with Gasteiger partial charge in [-0.3, -0.25) is 4.79 Å². The third kappa shape index (κ3) is 3.90. The number of nitrogen functional groups attached to an aromatic ring is 1. The minimum absolute atomic E-state index is 0.210. The molecule has 104 valence electrons. The molecule has 0 atom stereocenters. The quantitative estimate of drug-likeness (QED) is 0.758. The SMILES string of the molecule is Nc1cc(Cl)cc(C(=O)NCCc2ccc(O)cc2)c1. The maximum absolute atomic E-state index is 11.9. The number of halogens is 1. The van der Waals surface area contributed by atoms with Crippen molar-refractivity contribution in [3.63, 3.8) is 0 Å². The van der Waals surface area contributed by atoms with Crippen LogP contribution in [-0.2, 0) is 6.42 Å². The van der Waals surface area contributed by atoms with Crippen LogP contribution in [0.1, 0.15) is 15.9 Å². The first-order valence-electron chi connectivity index (χ1n) is 6.17. The van der Waals surface area contributed by atoms with Crippen molar-refractivity contribution in [2.75, 3.05) is 12.3 Å². The van der Waals surface area contributed by atoms with Crippen LogP contribution in [-0.4, -0.2) is 17.6 Å². The smallest absolute Gasteiger partial charge is 0.251 e. The summed E-state index contributed by atoms with van der Waals surface area (Å²) in [7, 11) is 0. The molecule has 20 heavy (non-hydrogen) atoms. The van der Waals surface area contributed by atoms with Crippen molar-refractivity contribution in [1.29, 1.82) is 0 Å². The molecule has 0 radical (unpaired) electrons. The first-order chi connectivity index (χ1) is 9.54. The van der Waals surface area contributed by atoms with Crippen LogP contribution >= 0.6 is 11.6 Å². The van der Waals surface area contributed by atoms with Crippen molar-refractivity contribution >= 4 is 23.2 Å². The molecule has 0 aliphatic rings. The Hall–Kier alpha value is -2.20. The number of aromatic hydroxyl groups is 1. The van der Waals surface area contributed by atoms with Crippen LogP contribution in [0.5, 0.6) is 5.75 Å². The standard InChI is InChI=1S/C15H15ClN2O2/c16-12-7-11(8-13(17)9-12)15(20)18-6-5-10-1-3-14(19)4-2-10/h1-4,7-9,19H,5-6,17H2,(H,18,20). The second-order valence-corrected chi connectivity index (χ2v) is 4.88. The molecule has 0 saturated heterocycles. The lowest BCUT2D eigenvalue weighted by atomic mass is 10.1. The summed E-state index contributed by atoms with van der Waals surface area (Å²) >= 11 is 5.86. The van der Waals surface area contributed by atoms with Crippen molar-refractivity contribution in [2.45, 2.75) is 6.42 Å². The van der Waals surface area contributed by atoms with Gasteiger partial charge < -0.3 is 16.2 Å². The first kappa shape index (κ1) is 14.2. The van der Waals surface area contributed by atoms with Gasteiger partial charge >= 0.3 is 0 Å². The summed E-state index contributed by atoms with van der Waals surface area (Å²) in [6.07, 6.45) is 0.683. The lowest BCUT2D eigenvalue weighted by Crippen LogP contribution is -2.25. The van der Waals surface area contributed by atoms with Gasteiger partial charge in [0.15, 0.2) is 0 Å². The molecule has 0 aliphatic heterocycles. The van der Waals surface area contributed by atoms with Crippen molar-refractivity contribution in [3.05, 3.63) is 58.6 Å². The predicted molar refractivity (Wildman–Crippen MR) is 80.0 cm³/mol. The predicted octanol–water partition coefficient (Wildman–Crippen LogP) is 2.60. The molecule has 1 amide bonds. The number of phenolic OH excluding ortho intramolecular Hbond substituents is 1. The van der Waals surface area contributed by atoms with Crippen LogP contribution in [0, 0.1) is 0 Å². The van der Waals surface area contributed by atoms with E-state index in [0.717, 1.165) is 5.56 Å². The number of nitrogens with two attached hydrogens (primary N) is 1. The fourth-order valence-electron chi connectivity index (χ4n) is 1.83. The van der Waals surface area contributed by atoms with Gasteiger partial charge in [0.05, 0.1) is 0 Å². The molecule has 0 fully saturated rings. The fraction of sp³-hybridized carbons (Fsp3) is 0.133. The Kier molecular flexibility index (Phi) is 4.48. The average molecular weight is 291 g/mol. The molecule has 2 aromatic carbocycles. The van der Waals surface area contributed by atoms with Gasteiger partial charge in [-0.25, -0.2) is 0 Å². The highest BCUT2D eigenvalue weighted by Crippen LogP contribution is 2.16. The van der Waals surface area contributed by atoms with E-state index in [1.807, 2.05) is 12.1 Å². The summed E-state index contributed by atoms with van der Waals surface area (Å²) in [5.74, 6) is 0.0187. The summed E-state index contributed by atoms with van der Waals surface area (Å²) in [6.45, 7) is 0.496. The number of nitrogens with one attached hydrogen (secondary N) is 1. The Morgan fingerprint density at radius 2 is 1.90 bits per heavy atom. The fourth-order valence-corrected chi connectivity index (χ4v) is 2.07. The van der Waals surface area contributed by atoms with E-state index in [9.17, 15) is 9.90 Å². The van der Waals surface area contributed by atoms with E-state index in [1.165, 1.54) is 0 Å². The van der Waals surface area contributed by atoms with Crippen molar-refractivity contribution in [1.82, 2.24) is 5.32 Å².